The monoisotopic (exact) mass is 429 g/mol. The molecule has 1 aliphatic carbocycles. The number of hydrogen-bond donors (Lipinski definition) is 0. The van der Waals surface area contributed by atoms with Gasteiger partial charge in [0.05, 0.1) is 6.04 Å². The Labute approximate surface area is 184 Å². The Morgan fingerprint density at radius 3 is 2.31 bits per heavy atom. The van der Waals surface area contributed by atoms with Crippen LogP contribution in [0.5, 0.6) is 0 Å². The third kappa shape index (κ3) is 4.20. The zero-order chi connectivity index (χ0) is 20.5. The van der Waals surface area contributed by atoms with Crippen LogP contribution in [0.4, 0.5) is 0 Å². The third-order valence-electron chi connectivity index (χ3n) is 6.75. The Morgan fingerprint density at radius 1 is 1.00 bits per heavy atom. The summed E-state index contributed by atoms with van der Waals surface area (Å²) in [6, 6.07) is 16.6. The molecule has 154 valence electrons. The molecule has 2 fully saturated rings. The van der Waals surface area contributed by atoms with E-state index >= 15 is 0 Å². The van der Waals surface area contributed by atoms with Crippen LogP contribution in [0.1, 0.15) is 69.0 Å². The molecule has 4 atom stereocenters. The number of amides is 1. The molecule has 0 aromatic heterocycles. The van der Waals surface area contributed by atoms with Gasteiger partial charge >= 0.3 is 0 Å². The number of likely N-dealkylation sites (tertiary alicyclic amines) is 1. The van der Waals surface area contributed by atoms with Gasteiger partial charge in [0.1, 0.15) is 0 Å². The minimum Gasteiger partial charge on any atom is -0.332 e. The highest BCUT2D eigenvalue weighted by molar-refractivity contribution is 6.30. The van der Waals surface area contributed by atoms with Crippen molar-refractivity contribution in [2.24, 2.45) is 11.8 Å². The fraction of sp³-hybridized carbons (Fsp3) is 0.480. The first-order valence-electron chi connectivity index (χ1n) is 10.9. The van der Waals surface area contributed by atoms with E-state index < -0.39 is 0 Å². The van der Waals surface area contributed by atoms with Gasteiger partial charge in [-0.2, -0.15) is 0 Å². The van der Waals surface area contributed by atoms with Gasteiger partial charge < -0.3 is 4.90 Å². The molecule has 2 nitrogen and oxygen atoms in total. The summed E-state index contributed by atoms with van der Waals surface area (Å²) in [7, 11) is 0. The second-order valence-corrected chi connectivity index (χ2v) is 9.43. The molecule has 1 saturated heterocycles. The predicted octanol–water partition coefficient (Wildman–Crippen LogP) is 7.27. The van der Waals surface area contributed by atoms with Crippen LogP contribution in [0.15, 0.2) is 48.5 Å². The Morgan fingerprint density at radius 2 is 1.72 bits per heavy atom. The number of nitrogens with zero attached hydrogens (tertiary/aromatic N) is 1. The van der Waals surface area contributed by atoms with Crippen LogP contribution in [0, 0.1) is 11.8 Å². The predicted molar refractivity (Wildman–Crippen MR) is 120 cm³/mol. The van der Waals surface area contributed by atoms with Crippen molar-refractivity contribution in [2.75, 3.05) is 0 Å². The highest BCUT2D eigenvalue weighted by Crippen LogP contribution is 2.50. The molecule has 1 amide bonds. The summed E-state index contributed by atoms with van der Waals surface area (Å²) in [5, 5.41) is 1.48. The summed E-state index contributed by atoms with van der Waals surface area (Å²) < 4.78 is 0. The zero-order valence-corrected chi connectivity index (χ0v) is 18.7. The van der Waals surface area contributed by atoms with Crippen molar-refractivity contribution in [3.63, 3.8) is 0 Å². The van der Waals surface area contributed by atoms with Gasteiger partial charge in [0.2, 0.25) is 5.91 Å². The molecule has 4 heteroatoms. The van der Waals surface area contributed by atoms with E-state index in [1.54, 1.807) is 0 Å². The maximum atomic E-state index is 13.7. The number of halogens is 2. The molecular weight excluding hydrogens is 401 g/mol. The van der Waals surface area contributed by atoms with Crippen molar-refractivity contribution in [3.05, 3.63) is 69.7 Å². The summed E-state index contributed by atoms with van der Waals surface area (Å²) in [5.41, 5.74) is 2.39. The second kappa shape index (κ2) is 8.70. The van der Waals surface area contributed by atoms with Crippen LogP contribution in [-0.4, -0.2) is 16.8 Å². The van der Waals surface area contributed by atoms with Crippen LogP contribution in [0.25, 0.3) is 0 Å². The average Bonchev–Trinajstić information content (AvgIpc) is 3.55. The van der Waals surface area contributed by atoms with E-state index in [0.29, 0.717) is 17.9 Å². The van der Waals surface area contributed by atoms with Crippen LogP contribution in [0.3, 0.4) is 0 Å². The molecule has 1 heterocycles. The van der Waals surface area contributed by atoms with Crippen molar-refractivity contribution in [3.8, 4) is 0 Å². The summed E-state index contributed by atoms with van der Waals surface area (Å²) in [4.78, 5) is 15.9. The largest absolute Gasteiger partial charge is 0.332 e. The van der Waals surface area contributed by atoms with Gasteiger partial charge in [0.25, 0.3) is 0 Å². The van der Waals surface area contributed by atoms with Gasteiger partial charge in [-0.05, 0) is 73.4 Å². The molecular formula is C25H29Cl2NO. The fourth-order valence-electron chi connectivity index (χ4n) is 5.14. The van der Waals surface area contributed by atoms with E-state index in [2.05, 4.69) is 43.0 Å². The van der Waals surface area contributed by atoms with E-state index in [9.17, 15) is 4.79 Å². The Kier molecular flexibility index (Phi) is 6.22. The van der Waals surface area contributed by atoms with Gasteiger partial charge in [-0.1, -0.05) is 61.3 Å². The van der Waals surface area contributed by atoms with Crippen molar-refractivity contribution >= 4 is 29.1 Å². The van der Waals surface area contributed by atoms with Crippen molar-refractivity contribution in [1.82, 2.24) is 4.90 Å². The number of carbonyl (C=O) groups excluding carboxylic acids is 1. The Hall–Kier alpha value is -1.51. The standard InChI is InChI=1S/C25H29Cl2NO/c1-3-16-15-22(19-6-5-7-21(27)14-19)24(18-10-12-20(26)13-11-18)28(25(16)29)23(4-2)17-8-9-17/h5-7,10-14,16-17,22-24H,3-4,8-9,15H2,1-2H3/t16?,22-,23-,24?/m1/s1. The molecule has 0 N–H and O–H groups in total. The SMILES string of the molecule is CCC1C[C@H](c2cccc(Cl)c2)C(c2ccc(Cl)cc2)N([C@H](CC)C2CC2)C1=O. The lowest BCUT2D eigenvalue weighted by molar-refractivity contribution is -0.147. The quantitative estimate of drug-likeness (QED) is 0.472. The van der Waals surface area contributed by atoms with Crippen LogP contribution in [-0.2, 0) is 4.79 Å². The molecule has 2 aliphatic rings. The van der Waals surface area contributed by atoms with Gasteiger partial charge in [-0.25, -0.2) is 0 Å². The third-order valence-corrected chi connectivity index (χ3v) is 7.23. The number of rotatable bonds is 6. The van der Waals surface area contributed by atoms with E-state index in [-0.39, 0.29) is 17.9 Å². The Bertz CT molecular complexity index is 861. The van der Waals surface area contributed by atoms with Gasteiger partial charge in [0, 0.05) is 27.9 Å². The van der Waals surface area contributed by atoms with E-state index in [4.69, 9.17) is 23.2 Å². The number of hydrogen-bond acceptors (Lipinski definition) is 1. The van der Waals surface area contributed by atoms with E-state index in [1.165, 1.54) is 24.0 Å². The molecule has 4 rings (SSSR count). The van der Waals surface area contributed by atoms with Gasteiger partial charge in [-0.3, -0.25) is 4.79 Å². The molecule has 2 aromatic carbocycles. The lowest BCUT2D eigenvalue weighted by atomic mass is 9.74. The molecule has 1 aliphatic heterocycles. The lowest BCUT2D eigenvalue weighted by Crippen LogP contribution is -2.52. The molecule has 0 bridgehead atoms. The van der Waals surface area contributed by atoms with Crippen LogP contribution < -0.4 is 0 Å². The molecule has 1 saturated carbocycles. The number of piperidine rings is 1. The molecule has 2 aromatic rings. The maximum absolute atomic E-state index is 13.7. The minimum absolute atomic E-state index is 0.0200. The van der Waals surface area contributed by atoms with Crippen LogP contribution in [0.2, 0.25) is 10.0 Å². The smallest absolute Gasteiger partial charge is 0.226 e. The highest BCUT2D eigenvalue weighted by atomic mass is 35.5. The maximum Gasteiger partial charge on any atom is 0.226 e. The molecule has 29 heavy (non-hydrogen) atoms. The summed E-state index contributed by atoms with van der Waals surface area (Å²) in [6.45, 7) is 4.36. The second-order valence-electron chi connectivity index (χ2n) is 8.56. The molecule has 2 unspecified atom stereocenters. The van der Waals surface area contributed by atoms with Crippen LogP contribution >= 0.6 is 23.2 Å². The van der Waals surface area contributed by atoms with Crippen molar-refractivity contribution in [1.29, 1.82) is 0 Å². The Balaban J connectivity index is 1.84. The van der Waals surface area contributed by atoms with Crippen molar-refractivity contribution < 1.29 is 4.79 Å². The fourth-order valence-corrected chi connectivity index (χ4v) is 5.46. The molecule has 0 radical (unpaired) electrons. The number of carbonyl (C=O) groups is 1. The zero-order valence-electron chi connectivity index (χ0n) is 17.2. The van der Waals surface area contributed by atoms with E-state index in [1.807, 2.05) is 24.3 Å². The first-order chi connectivity index (χ1) is 14.0. The number of benzene rings is 2. The average molecular weight is 430 g/mol. The minimum atomic E-state index is 0.0200. The summed E-state index contributed by atoms with van der Waals surface area (Å²) >= 11 is 12.6. The van der Waals surface area contributed by atoms with Gasteiger partial charge in [-0.15, -0.1) is 0 Å². The van der Waals surface area contributed by atoms with Gasteiger partial charge in [0.15, 0.2) is 0 Å². The summed E-state index contributed by atoms with van der Waals surface area (Å²) in [5.74, 6) is 1.25. The lowest BCUT2D eigenvalue weighted by Gasteiger charge is -2.48. The molecule has 0 spiro atoms. The van der Waals surface area contributed by atoms with E-state index in [0.717, 1.165) is 29.3 Å². The topological polar surface area (TPSA) is 20.3 Å². The van der Waals surface area contributed by atoms with Crippen molar-refractivity contribution in [2.45, 2.75) is 64.0 Å². The first-order valence-corrected chi connectivity index (χ1v) is 11.6. The normalized spacial score (nSPS) is 25.9. The first kappa shape index (κ1) is 20.8. The highest BCUT2D eigenvalue weighted by Gasteiger charge is 2.48. The summed E-state index contributed by atoms with van der Waals surface area (Å²) in [6.07, 6.45) is 5.20.